The number of benzene rings is 1. The van der Waals surface area contributed by atoms with Crippen molar-refractivity contribution in [3.63, 3.8) is 0 Å². The predicted octanol–water partition coefficient (Wildman–Crippen LogP) is 1.39. The summed E-state index contributed by atoms with van der Waals surface area (Å²) in [5, 5.41) is 9.51. The summed E-state index contributed by atoms with van der Waals surface area (Å²) in [4.78, 5) is 11.4. The number of ether oxygens (including phenoxy) is 1. The zero-order chi connectivity index (χ0) is 16.5. The Bertz CT molecular complexity index is 690. The molecule has 22 heavy (non-hydrogen) atoms. The van der Waals surface area contributed by atoms with Crippen LogP contribution in [0.3, 0.4) is 0 Å². The lowest BCUT2D eigenvalue weighted by molar-refractivity contribution is -0.150. The van der Waals surface area contributed by atoms with E-state index >= 15 is 0 Å². The number of carboxylic acids is 1. The van der Waals surface area contributed by atoms with Crippen LogP contribution in [0.25, 0.3) is 0 Å². The Morgan fingerprint density at radius 3 is 2.73 bits per heavy atom. The Morgan fingerprint density at radius 2 is 2.18 bits per heavy atom. The fourth-order valence-electron chi connectivity index (χ4n) is 2.72. The minimum Gasteiger partial charge on any atom is -0.480 e. The molecule has 8 heteroatoms. The number of nitrogens with zero attached hydrogens (tertiary/aromatic N) is 1. The van der Waals surface area contributed by atoms with Gasteiger partial charge in [0.25, 0.3) is 0 Å². The van der Waals surface area contributed by atoms with Crippen molar-refractivity contribution in [2.45, 2.75) is 30.2 Å². The molecule has 0 aromatic heterocycles. The van der Waals surface area contributed by atoms with Crippen LogP contribution < -0.4 is 0 Å². The van der Waals surface area contributed by atoms with E-state index in [1.807, 2.05) is 0 Å². The standard InChI is InChI=1S/C14H18FNO5S/c1-10-4-5-11(8-12(10)15)22(19,20)16-7-3-6-14(16,9-21-2)13(17)18/h4-5,8H,3,6-7,9H2,1-2H3,(H,17,18). The molecule has 1 aliphatic rings. The van der Waals surface area contributed by atoms with Crippen LogP contribution in [0.2, 0.25) is 0 Å². The molecule has 0 amide bonds. The van der Waals surface area contributed by atoms with Crippen molar-refractivity contribution in [2.75, 3.05) is 20.3 Å². The first-order valence-corrected chi connectivity index (χ1v) is 8.21. The lowest BCUT2D eigenvalue weighted by atomic mass is 9.99. The van der Waals surface area contributed by atoms with Crippen LogP contribution >= 0.6 is 0 Å². The second-order valence-corrected chi connectivity index (χ2v) is 7.22. The monoisotopic (exact) mass is 331 g/mol. The number of rotatable bonds is 5. The number of hydrogen-bond acceptors (Lipinski definition) is 4. The van der Waals surface area contributed by atoms with Gasteiger partial charge in [0.1, 0.15) is 5.82 Å². The molecule has 1 aromatic carbocycles. The number of hydrogen-bond donors (Lipinski definition) is 1. The van der Waals surface area contributed by atoms with Gasteiger partial charge in [0.2, 0.25) is 10.0 Å². The van der Waals surface area contributed by atoms with Gasteiger partial charge in [-0.2, -0.15) is 4.31 Å². The summed E-state index contributed by atoms with van der Waals surface area (Å²) in [6, 6.07) is 3.56. The zero-order valence-corrected chi connectivity index (χ0v) is 13.2. The van der Waals surface area contributed by atoms with E-state index in [0.717, 1.165) is 10.4 Å². The molecule has 1 saturated heterocycles. The minimum atomic E-state index is -4.12. The van der Waals surface area contributed by atoms with Gasteiger partial charge in [-0.05, 0) is 37.5 Å². The fraction of sp³-hybridized carbons (Fsp3) is 0.500. The maximum absolute atomic E-state index is 13.7. The molecular weight excluding hydrogens is 313 g/mol. The second-order valence-electron chi connectivity index (χ2n) is 5.36. The highest BCUT2D eigenvalue weighted by molar-refractivity contribution is 7.89. The first-order chi connectivity index (χ1) is 10.3. The van der Waals surface area contributed by atoms with Gasteiger partial charge in [-0.1, -0.05) is 6.07 Å². The van der Waals surface area contributed by atoms with Gasteiger partial charge in [0.05, 0.1) is 11.5 Å². The highest BCUT2D eigenvalue weighted by Crippen LogP contribution is 2.35. The van der Waals surface area contributed by atoms with Crippen molar-refractivity contribution in [3.05, 3.63) is 29.6 Å². The summed E-state index contributed by atoms with van der Waals surface area (Å²) in [6.07, 6.45) is 0.562. The molecule has 0 radical (unpaired) electrons. The molecule has 0 bridgehead atoms. The maximum atomic E-state index is 13.7. The molecule has 1 aromatic rings. The van der Waals surface area contributed by atoms with E-state index < -0.39 is 27.3 Å². The van der Waals surface area contributed by atoms with Gasteiger partial charge >= 0.3 is 5.97 Å². The highest BCUT2D eigenvalue weighted by atomic mass is 32.2. The Balaban J connectivity index is 2.51. The summed E-state index contributed by atoms with van der Waals surface area (Å²) < 4.78 is 45.0. The molecule has 1 fully saturated rings. The molecule has 6 nitrogen and oxygen atoms in total. The van der Waals surface area contributed by atoms with Crippen LogP contribution in [0.5, 0.6) is 0 Å². The lowest BCUT2D eigenvalue weighted by Gasteiger charge is -2.33. The van der Waals surface area contributed by atoms with E-state index in [0.29, 0.717) is 12.0 Å². The fourth-order valence-corrected chi connectivity index (χ4v) is 4.52. The van der Waals surface area contributed by atoms with Gasteiger partial charge in [-0.25, -0.2) is 12.8 Å². The van der Waals surface area contributed by atoms with Crippen LogP contribution in [-0.4, -0.2) is 49.6 Å². The van der Waals surface area contributed by atoms with Gasteiger partial charge in [0.15, 0.2) is 5.54 Å². The predicted molar refractivity (Wildman–Crippen MR) is 76.5 cm³/mol. The van der Waals surface area contributed by atoms with Crippen LogP contribution in [0.4, 0.5) is 4.39 Å². The quantitative estimate of drug-likeness (QED) is 0.881. The summed E-state index contributed by atoms with van der Waals surface area (Å²) >= 11 is 0. The topological polar surface area (TPSA) is 83.9 Å². The molecule has 2 rings (SSSR count). The SMILES string of the molecule is COCC1(C(=O)O)CCCN1S(=O)(=O)c1ccc(C)c(F)c1. The third-order valence-electron chi connectivity index (χ3n) is 3.94. The van der Waals surface area contributed by atoms with Crippen molar-refractivity contribution < 1.29 is 27.4 Å². The molecule has 1 N–H and O–H groups in total. The van der Waals surface area contributed by atoms with Crippen molar-refractivity contribution in [2.24, 2.45) is 0 Å². The normalized spacial score (nSPS) is 22.9. The van der Waals surface area contributed by atoms with E-state index in [-0.39, 0.29) is 24.5 Å². The average Bonchev–Trinajstić information content (AvgIpc) is 2.88. The third-order valence-corrected chi connectivity index (χ3v) is 5.90. The van der Waals surface area contributed by atoms with Crippen LogP contribution in [-0.2, 0) is 19.6 Å². The average molecular weight is 331 g/mol. The van der Waals surface area contributed by atoms with Crippen molar-refractivity contribution >= 4 is 16.0 Å². The molecule has 0 spiro atoms. The van der Waals surface area contributed by atoms with Crippen molar-refractivity contribution in [1.82, 2.24) is 4.31 Å². The van der Waals surface area contributed by atoms with E-state index in [9.17, 15) is 22.7 Å². The Kier molecular flexibility index (Phi) is 4.55. The second kappa shape index (κ2) is 5.94. The molecule has 0 saturated carbocycles. The molecule has 1 heterocycles. The number of methoxy groups -OCH3 is 1. The van der Waals surface area contributed by atoms with Crippen molar-refractivity contribution in [3.8, 4) is 0 Å². The zero-order valence-electron chi connectivity index (χ0n) is 12.4. The summed E-state index contributed by atoms with van der Waals surface area (Å²) in [6.45, 7) is 1.33. The van der Waals surface area contributed by atoms with E-state index in [1.54, 1.807) is 0 Å². The largest absolute Gasteiger partial charge is 0.480 e. The summed E-state index contributed by atoms with van der Waals surface area (Å²) in [7, 11) is -2.80. The number of carboxylic acid groups (broad SMARTS) is 1. The number of halogens is 1. The molecule has 1 aliphatic heterocycles. The first-order valence-electron chi connectivity index (χ1n) is 6.77. The molecule has 0 aliphatic carbocycles. The van der Waals surface area contributed by atoms with Crippen LogP contribution in [0.15, 0.2) is 23.1 Å². The van der Waals surface area contributed by atoms with Crippen LogP contribution in [0, 0.1) is 12.7 Å². The van der Waals surface area contributed by atoms with Gasteiger partial charge < -0.3 is 9.84 Å². The Labute approximate surface area is 128 Å². The van der Waals surface area contributed by atoms with Gasteiger partial charge in [-0.15, -0.1) is 0 Å². The Hall–Kier alpha value is -1.51. The number of aryl methyl sites for hydroxylation is 1. The number of sulfonamides is 1. The third kappa shape index (κ3) is 2.62. The van der Waals surface area contributed by atoms with E-state index in [4.69, 9.17) is 4.74 Å². The summed E-state index contributed by atoms with van der Waals surface area (Å²) in [5.41, 5.74) is -1.32. The Morgan fingerprint density at radius 1 is 1.50 bits per heavy atom. The molecule has 1 atom stereocenters. The first kappa shape index (κ1) is 16.9. The summed E-state index contributed by atoms with van der Waals surface area (Å²) in [5.74, 6) is -1.91. The number of aliphatic carboxylic acids is 1. The molecule has 1 unspecified atom stereocenters. The van der Waals surface area contributed by atoms with Gasteiger partial charge in [0, 0.05) is 13.7 Å². The lowest BCUT2D eigenvalue weighted by Crippen LogP contribution is -2.55. The van der Waals surface area contributed by atoms with Crippen molar-refractivity contribution in [1.29, 1.82) is 0 Å². The molecular formula is C14H18FNO5S. The van der Waals surface area contributed by atoms with E-state index in [2.05, 4.69) is 0 Å². The highest BCUT2D eigenvalue weighted by Gasteiger charge is 2.53. The van der Waals surface area contributed by atoms with Gasteiger partial charge in [-0.3, -0.25) is 4.79 Å². The van der Waals surface area contributed by atoms with Crippen LogP contribution in [0.1, 0.15) is 18.4 Å². The smallest absolute Gasteiger partial charge is 0.327 e. The number of carbonyl (C=O) groups is 1. The molecule has 122 valence electrons. The maximum Gasteiger partial charge on any atom is 0.327 e. The van der Waals surface area contributed by atoms with E-state index in [1.165, 1.54) is 26.2 Å². The minimum absolute atomic E-state index is 0.0630.